The van der Waals surface area contributed by atoms with Crippen LogP contribution < -0.4 is 5.32 Å². The van der Waals surface area contributed by atoms with Gasteiger partial charge in [0.15, 0.2) is 0 Å². The van der Waals surface area contributed by atoms with Crippen LogP contribution in [-0.4, -0.2) is 108 Å². The lowest BCUT2D eigenvalue weighted by Gasteiger charge is -2.36. The van der Waals surface area contributed by atoms with E-state index in [1.807, 2.05) is 50.5 Å². The molecule has 0 aliphatic carbocycles. The van der Waals surface area contributed by atoms with E-state index in [2.05, 4.69) is 22.1 Å². The summed E-state index contributed by atoms with van der Waals surface area (Å²) >= 11 is 0. The first-order valence-corrected chi connectivity index (χ1v) is 15.1. The third-order valence-electron chi connectivity index (χ3n) is 7.33. The minimum Gasteiger partial charge on any atom is -0.481 e. The van der Waals surface area contributed by atoms with E-state index in [0.717, 1.165) is 49.8 Å². The Labute approximate surface area is 254 Å². The molecule has 0 spiro atoms. The number of carbonyl (C=O) groups excluding carboxylic acids is 3. The molecule has 2 N–H and O–H groups in total. The van der Waals surface area contributed by atoms with Gasteiger partial charge in [-0.2, -0.15) is 0 Å². The second-order valence-electron chi connectivity index (χ2n) is 11.1. The van der Waals surface area contributed by atoms with E-state index in [4.69, 9.17) is 4.74 Å². The van der Waals surface area contributed by atoms with Gasteiger partial charge in [0.1, 0.15) is 11.7 Å². The van der Waals surface area contributed by atoms with Gasteiger partial charge in [-0.3, -0.25) is 14.4 Å². The Balaban J connectivity index is 1.72. The maximum Gasteiger partial charge on any atom is 0.409 e. The predicted octanol–water partition coefficient (Wildman–Crippen LogP) is 3.68. The highest BCUT2D eigenvalue weighted by Crippen LogP contribution is 2.20. The topological polar surface area (TPSA) is 132 Å². The van der Waals surface area contributed by atoms with E-state index in [1.165, 1.54) is 0 Å². The van der Waals surface area contributed by atoms with Crippen molar-refractivity contribution in [2.24, 2.45) is 0 Å². The lowest BCUT2D eigenvalue weighted by molar-refractivity contribution is -0.138. The first-order valence-electron chi connectivity index (χ1n) is 15.1. The average Bonchev–Trinajstić information content (AvgIpc) is 3.01. The molecule has 1 atom stereocenters. The largest absolute Gasteiger partial charge is 0.481 e. The highest BCUT2D eigenvalue weighted by Gasteiger charge is 2.31. The fourth-order valence-corrected chi connectivity index (χ4v) is 4.89. The number of amides is 3. The highest BCUT2D eigenvalue weighted by molar-refractivity contribution is 5.97. The zero-order chi connectivity index (χ0) is 31.2. The van der Waals surface area contributed by atoms with Gasteiger partial charge in [0, 0.05) is 38.2 Å². The summed E-state index contributed by atoms with van der Waals surface area (Å²) in [6.07, 6.45) is 3.73. The molecule has 11 nitrogen and oxygen atoms in total. The van der Waals surface area contributed by atoms with Crippen molar-refractivity contribution in [1.29, 1.82) is 0 Å². The summed E-state index contributed by atoms with van der Waals surface area (Å²) in [7, 11) is 4.02. The van der Waals surface area contributed by atoms with Crippen LogP contribution >= 0.6 is 0 Å². The Morgan fingerprint density at radius 2 is 1.70 bits per heavy atom. The van der Waals surface area contributed by atoms with Crippen LogP contribution in [0.5, 0.6) is 0 Å². The molecular weight excluding hydrogens is 550 g/mol. The summed E-state index contributed by atoms with van der Waals surface area (Å²) in [5.41, 5.74) is 2.64. The Kier molecular flexibility index (Phi) is 13.4. The van der Waals surface area contributed by atoms with E-state index in [0.29, 0.717) is 25.4 Å². The molecule has 3 amide bonds. The number of aryl methyl sites for hydroxylation is 1. The third kappa shape index (κ3) is 11.0. The number of pyridine rings is 1. The van der Waals surface area contributed by atoms with Gasteiger partial charge in [-0.25, -0.2) is 9.78 Å². The summed E-state index contributed by atoms with van der Waals surface area (Å²) in [6.45, 7) is 4.46. The van der Waals surface area contributed by atoms with Crippen molar-refractivity contribution in [3.05, 3.63) is 53.7 Å². The van der Waals surface area contributed by atoms with Crippen molar-refractivity contribution in [2.45, 2.75) is 57.9 Å². The molecule has 3 rings (SSSR count). The number of hydrogen-bond donors (Lipinski definition) is 2. The smallest absolute Gasteiger partial charge is 0.409 e. The van der Waals surface area contributed by atoms with Crippen LogP contribution in [0, 0.1) is 0 Å². The van der Waals surface area contributed by atoms with Gasteiger partial charge < -0.3 is 29.9 Å². The summed E-state index contributed by atoms with van der Waals surface area (Å²) < 4.78 is 5.33. The second kappa shape index (κ2) is 17.2. The molecule has 2 heterocycles. The molecule has 2 aromatic rings. The van der Waals surface area contributed by atoms with Crippen LogP contribution in [0.4, 0.5) is 4.79 Å². The van der Waals surface area contributed by atoms with E-state index in [9.17, 15) is 24.3 Å². The van der Waals surface area contributed by atoms with Gasteiger partial charge in [0.25, 0.3) is 5.91 Å². The SMILES string of the molecule is CCCCCOC(=O)N1CCN(C(=O)[C@H](CCC(=O)O)NC(=O)c2cc(CCCN(C)C)cc(-c3ccccc3)n2)CC1. The number of piperazine rings is 1. The van der Waals surface area contributed by atoms with Crippen molar-refractivity contribution in [2.75, 3.05) is 53.4 Å². The number of aliphatic carboxylic acids is 1. The molecule has 1 saturated heterocycles. The van der Waals surface area contributed by atoms with Crippen molar-refractivity contribution < 1.29 is 29.0 Å². The summed E-state index contributed by atoms with van der Waals surface area (Å²) in [4.78, 5) is 60.6. The van der Waals surface area contributed by atoms with Gasteiger partial charge in [0.05, 0.1) is 12.3 Å². The van der Waals surface area contributed by atoms with Crippen LogP contribution in [0.1, 0.15) is 61.5 Å². The number of aromatic nitrogens is 1. The molecule has 0 radical (unpaired) electrons. The first kappa shape index (κ1) is 33.5. The number of ether oxygens (including phenoxy) is 1. The number of nitrogens with one attached hydrogen (secondary N) is 1. The van der Waals surface area contributed by atoms with Gasteiger partial charge >= 0.3 is 12.1 Å². The monoisotopic (exact) mass is 595 g/mol. The standard InChI is InChI=1S/C32H45N5O6/c1-4-5-9-21-43-32(42)37-19-17-36(18-20-37)31(41)26(14-15-29(38)39)34-30(40)28-23-24(11-10-16-35(2)3)22-27(33-28)25-12-7-6-8-13-25/h6-8,12-13,22-23,26H,4-5,9-11,14-21H2,1-3H3,(H,34,40)(H,38,39)/t26-/m0/s1. The van der Waals surface area contributed by atoms with Crippen LogP contribution in [0.15, 0.2) is 42.5 Å². The van der Waals surface area contributed by atoms with Gasteiger partial charge in [0.2, 0.25) is 5.91 Å². The van der Waals surface area contributed by atoms with Gasteiger partial charge in [-0.1, -0.05) is 50.1 Å². The molecule has 1 aromatic heterocycles. The van der Waals surface area contributed by atoms with E-state index >= 15 is 0 Å². The van der Waals surface area contributed by atoms with Crippen LogP contribution in [0.2, 0.25) is 0 Å². The minimum absolute atomic E-state index is 0.0618. The molecule has 0 unspecified atom stereocenters. The van der Waals surface area contributed by atoms with Gasteiger partial charge in [-0.15, -0.1) is 0 Å². The molecule has 234 valence electrons. The molecular formula is C32H45N5O6. The number of benzene rings is 1. The predicted molar refractivity (Wildman–Crippen MR) is 164 cm³/mol. The number of carboxylic acid groups (broad SMARTS) is 1. The Bertz CT molecular complexity index is 1210. The molecule has 1 aliphatic heterocycles. The van der Waals surface area contributed by atoms with E-state index in [1.54, 1.807) is 15.9 Å². The quantitative estimate of drug-likeness (QED) is 0.298. The Hall–Kier alpha value is -3.99. The second-order valence-corrected chi connectivity index (χ2v) is 11.1. The number of carboxylic acids is 1. The van der Waals surface area contributed by atoms with Gasteiger partial charge in [-0.05, 0) is 64.0 Å². The zero-order valence-electron chi connectivity index (χ0n) is 25.6. The van der Waals surface area contributed by atoms with Crippen molar-refractivity contribution in [1.82, 2.24) is 25.0 Å². The van der Waals surface area contributed by atoms with E-state index in [-0.39, 0.29) is 37.5 Å². The lowest BCUT2D eigenvalue weighted by atomic mass is 10.0. The fraction of sp³-hybridized carbons (Fsp3) is 0.531. The normalized spacial score (nSPS) is 14.0. The van der Waals surface area contributed by atoms with E-state index < -0.39 is 24.0 Å². The number of unbranched alkanes of at least 4 members (excludes halogenated alkanes) is 2. The van der Waals surface area contributed by atoms with Crippen LogP contribution in [0.3, 0.4) is 0 Å². The highest BCUT2D eigenvalue weighted by atomic mass is 16.6. The van der Waals surface area contributed by atoms with Crippen LogP contribution in [-0.2, 0) is 20.7 Å². The summed E-state index contributed by atoms with van der Waals surface area (Å²) in [5.74, 6) is -1.98. The molecule has 43 heavy (non-hydrogen) atoms. The maximum atomic E-state index is 13.5. The van der Waals surface area contributed by atoms with Crippen molar-refractivity contribution in [3.63, 3.8) is 0 Å². The molecule has 1 aliphatic rings. The number of rotatable bonds is 15. The summed E-state index contributed by atoms with van der Waals surface area (Å²) in [5, 5.41) is 12.1. The Morgan fingerprint density at radius 3 is 2.35 bits per heavy atom. The first-order chi connectivity index (χ1) is 20.7. The molecule has 1 aromatic carbocycles. The number of nitrogens with zero attached hydrogens (tertiary/aromatic N) is 4. The van der Waals surface area contributed by atoms with Crippen LogP contribution in [0.25, 0.3) is 11.3 Å². The van der Waals surface area contributed by atoms with Crippen molar-refractivity contribution in [3.8, 4) is 11.3 Å². The number of carbonyl (C=O) groups is 4. The Morgan fingerprint density at radius 1 is 1.00 bits per heavy atom. The zero-order valence-corrected chi connectivity index (χ0v) is 25.6. The summed E-state index contributed by atoms with van der Waals surface area (Å²) in [6, 6.07) is 12.2. The third-order valence-corrected chi connectivity index (χ3v) is 7.33. The molecule has 11 heteroatoms. The van der Waals surface area contributed by atoms with Crippen molar-refractivity contribution >= 4 is 23.9 Å². The number of hydrogen-bond acceptors (Lipinski definition) is 7. The maximum absolute atomic E-state index is 13.5. The molecule has 1 fully saturated rings. The minimum atomic E-state index is -1.06. The fourth-order valence-electron chi connectivity index (χ4n) is 4.89. The lowest BCUT2D eigenvalue weighted by Crippen LogP contribution is -2.56. The average molecular weight is 596 g/mol. The molecule has 0 bridgehead atoms. The molecule has 0 saturated carbocycles.